The van der Waals surface area contributed by atoms with Crippen LogP contribution in [0.25, 0.3) is 0 Å². The number of imidazole rings is 1. The van der Waals surface area contributed by atoms with Gasteiger partial charge in [0.2, 0.25) is 11.8 Å². The predicted molar refractivity (Wildman–Crippen MR) is 100 cm³/mol. The molecule has 1 aromatic rings. The van der Waals surface area contributed by atoms with E-state index in [2.05, 4.69) is 15.3 Å². The van der Waals surface area contributed by atoms with E-state index < -0.39 is 6.04 Å². The molecule has 6 nitrogen and oxygen atoms in total. The van der Waals surface area contributed by atoms with Crippen LogP contribution in [0.15, 0.2) is 12.4 Å². The maximum Gasteiger partial charge on any atom is 0.244 e. The third kappa shape index (κ3) is 5.32. The van der Waals surface area contributed by atoms with E-state index in [0.717, 1.165) is 51.0 Å². The summed E-state index contributed by atoms with van der Waals surface area (Å²) >= 11 is 0. The van der Waals surface area contributed by atoms with Gasteiger partial charge in [-0.1, -0.05) is 19.3 Å². The SMILES string of the molecule is CC(NC(=O)CC1CCCCC1)C(=O)N1CCC(Cc2ncc[nH]2)CC1. The van der Waals surface area contributed by atoms with E-state index in [1.807, 2.05) is 18.0 Å². The third-order valence-corrected chi connectivity index (χ3v) is 5.91. The van der Waals surface area contributed by atoms with E-state index in [-0.39, 0.29) is 11.8 Å². The average Bonchev–Trinajstić information content (AvgIpc) is 3.15. The Labute approximate surface area is 156 Å². The molecule has 0 bridgehead atoms. The lowest BCUT2D eigenvalue weighted by atomic mass is 9.87. The van der Waals surface area contributed by atoms with Crippen LogP contribution >= 0.6 is 0 Å². The molecule has 2 amide bonds. The van der Waals surface area contributed by atoms with Crippen molar-refractivity contribution >= 4 is 11.8 Å². The second kappa shape index (κ2) is 9.19. The van der Waals surface area contributed by atoms with Crippen LogP contribution in [-0.4, -0.2) is 45.8 Å². The summed E-state index contributed by atoms with van der Waals surface area (Å²) in [4.78, 5) is 34.2. The Hall–Kier alpha value is -1.85. The molecule has 3 rings (SSSR count). The van der Waals surface area contributed by atoms with Gasteiger partial charge in [0.05, 0.1) is 0 Å². The Bertz CT molecular complexity index is 573. The van der Waals surface area contributed by atoms with Crippen LogP contribution in [-0.2, 0) is 16.0 Å². The van der Waals surface area contributed by atoms with Gasteiger partial charge in [0, 0.05) is 38.3 Å². The quantitative estimate of drug-likeness (QED) is 0.819. The van der Waals surface area contributed by atoms with Gasteiger partial charge in [0.15, 0.2) is 0 Å². The first-order valence-electron chi connectivity index (χ1n) is 10.2. The molecular formula is C20H32N4O2. The van der Waals surface area contributed by atoms with Crippen molar-refractivity contribution in [3.63, 3.8) is 0 Å². The van der Waals surface area contributed by atoms with E-state index in [1.54, 1.807) is 6.20 Å². The van der Waals surface area contributed by atoms with Gasteiger partial charge < -0.3 is 15.2 Å². The van der Waals surface area contributed by atoms with Gasteiger partial charge >= 0.3 is 0 Å². The first-order valence-corrected chi connectivity index (χ1v) is 10.2. The molecule has 1 aromatic heterocycles. The lowest BCUT2D eigenvalue weighted by Gasteiger charge is -2.33. The zero-order valence-electron chi connectivity index (χ0n) is 15.9. The highest BCUT2D eigenvalue weighted by Crippen LogP contribution is 2.26. The highest BCUT2D eigenvalue weighted by atomic mass is 16.2. The fraction of sp³-hybridized carbons (Fsp3) is 0.750. The Morgan fingerprint density at radius 1 is 1.19 bits per heavy atom. The minimum Gasteiger partial charge on any atom is -0.349 e. The molecule has 1 saturated heterocycles. The van der Waals surface area contributed by atoms with Crippen LogP contribution in [0.5, 0.6) is 0 Å². The van der Waals surface area contributed by atoms with E-state index in [9.17, 15) is 9.59 Å². The number of hydrogen-bond donors (Lipinski definition) is 2. The predicted octanol–water partition coefficient (Wildman–Crippen LogP) is 2.67. The largest absolute Gasteiger partial charge is 0.349 e. The zero-order chi connectivity index (χ0) is 18.4. The summed E-state index contributed by atoms with van der Waals surface area (Å²) in [6, 6.07) is -0.423. The second-order valence-electron chi connectivity index (χ2n) is 8.01. The molecule has 2 aliphatic rings. The highest BCUT2D eigenvalue weighted by molar-refractivity contribution is 5.87. The summed E-state index contributed by atoms with van der Waals surface area (Å²) in [6.07, 6.45) is 13.2. The number of amides is 2. The number of carbonyl (C=O) groups excluding carboxylic acids is 2. The summed E-state index contributed by atoms with van der Waals surface area (Å²) in [5, 5.41) is 2.93. The van der Waals surface area contributed by atoms with Gasteiger partial charge in [-0.25, -0.2) is 4.98 Å². The lowest BCUT2D eigenvalue weighted by Crippen LogP contribution is -2.49. The summed E-state index contributed by atoms with van der Waals surface area (Å²) in [5.74, 6) is 2.19. The number of hydrogen-bond acceptors (Lipinski definition) is 3. The van der Waals surface area contributed by atoms with Crippen molar-refractivity contribution in [1.82, 2.24) is 20.2 Å². The monoisotopic (exact) mass is 360 g/mol. The van der Waals surface area contributed by atoms with Crippen molar-refractivity contribution in [3.05, 3.63) is 18.2 Å². The van der Waals surface area contributed by atoms with Crippen molar-refractivity contribution in [3.8, 4) is 0 Å². The minimum atomic E-state index is -0.423. The summed E-state index contributed by atoms with van der Waals surface area (Å²) in [6.45, 7) is 3.36. The third-order valence-electron chi connectivity index (χ3n) is 5.91. The van der Waals surface area contributed by atoms with Crippen LogP contribution in [0.3, 0.4) is 0 Å². The molecule has 26 heavy (non-hydrogen) atoms. The molecule has 0 radical (unpaired) electrons. The fourth-order valence-electron chi connectivity index (χ4n) is 4.33. The number of aromatic amines is 1. The summed E-state index contributed by atoms with van der Waals surface area (Å²) in [5.41, 5.74) is 0. The summed E-state index contributed by atoms with van der Waals surface area (Å²) < 4.78 is 0. The maximum absolute atomic E-state index is 12.6. The van der Waals surface area contributed by atoms with Crippen molar-refractivity contribution in [1.29, 1.82) is 0 Å². The number of rotatable bonds is 6. The molecule has 2 N–H and O–H groups in total. The number of H-pyrrole nitrogens is 1. The van der Waals surface area contributed by atoms with Crippen LogP contribution in [0.1, 0.15) is 64.1 Å². The highest BCUT2D eigenvalue weighted by Gasteiger charge is 2.27. The molecule has 2 heterocycles. The van der Waals surface area contributed by atoms with Crippen molar-refractivity contribution < 1.29 is 9.59 Å². The molecule has 1 unspecified atom stereocenters. The molecule has 0 spiro atoms. The Morgan fingerprint density at radius 2 is 1.92 bits per heavy atom. The van der Waals surface area contributed by atoms with Crippen molar-refractivity contribution in [2.24, 2.45) is 11.8 Å². The Balaban J connectivity index is 1.38. The number of likely N-dealkylation sites (tertiary alicyclic amines) is 1. The van der Waals surface area contributed by atoms with Gasteiger partial charge in [-0.05, 0) is 44.4 Å². The Morgan fingerprint density at radius 3 is 2.58 bits per heavy atom. The molecule has 1 aliphatic carbocycles. The first-order chi connectivity index (χ1) is 12.6. The number of piperidine rings is 1. The fourth-order valence-corrected chi connectivity index (χ4v) is 4.33. The first kappa shape index (κ1) is 18.9. The molecular weight excluding hydrogens is 328 g/mol. The van der Waals surface area contributed by atoms with E-state index in [4.69, 9.17) is 0 Å². The molecule has 1 atom stereocenters. The van der Waals surface area contributed by atoms with Crippen molar-refractivity contribution in [2.45, 2.75) is 70.8 Å². The van der Waals surface area contributed by atoms with Gasteiger partial charge in [-0.3, -0.25) is 9.59 Å². The average molecular weight is 361 g/mol. The van der Waals surface area contributed by atoms with E-state index in [1.165, 1.54) is 19.3 Å². The molecule has 2 fully saturated rings. The number of nitrogens with one attached hydrogen (secondary N) is 2. The minimum absolute atomic E-state index is 0.0328. The molecule has 1 aliphatic heterocycles. The van der Waals surface area contributed by atoms with Crippen LogP contribution in [0.2, 0.25) is 0 Å². The molecule has 1 saturated carbocycles. The van der Waals surface area contributed by atoms with Gasteiger partial charge in [0.1, 0.15) is 11.9 Å². The molecule has 144 valence electrons. The lowest BCUT2D eigenvalue weighted by molar-refractivity contribution is -0.137. The normalized spacial score (nSPS) is 20.7. The van der Waals surface area contributed by atoms with Gasteiger partial charge in [-0.15, -0.1) is 0 Å². The topological polar surface area (TPSA) is 78.1 Å². The van der Waals surface area contributed by atoms with Crippen molar-refractivity contribution in [2.75, 3.05) is 13.1 Å². The maximum atomic E-state index is 12.6. The van der Waals surface area contributed by atoms with Crippen LogP contribution < -0.4 is 5.32 Å². The van der Waals surface area contributed by atoms with Gasteiger partial charge in [0.25, 0.3) is 0 Å². The zero-order valence-corrected chi connectivity index (χ0v) is 15.9. The smallest absolute Gasteiger partial charge is 0.244 e. The molecule has 0 aromatic carbocycles. The standard InChI is InChI=1S/C20H32N4O2/c1-15(23-19(25)14-16-5-3-2-4-6-16)20(26)24-11-7-17(8-12-24)13-18-21-9-10-22-18/h9-10,15-17H,2-8,11-14H2,1H3,(H,21,22)(H,23,25). The number of carbonyl (C=O) groups is 2. The summed E-state index contributed by atoms with van der Waals surface area (Å²) in [7, 11) is 0. The van der Waals surface area contributed by atoms with Gasteiger partial charge in [-0.2, -0.15) is 0 Å². The van der Waals surface area contributed by atoms with E-state index in [0.29, 0.717) is 18.3 Å². The van der Waals surface area contributed by atoms with Crippen LogP contribution in [0, 0.1) is 11.8 Å². The number of nitrogens with zero attached hydrogens (tertiary/aromatic N) is 2. The second-order valence-corrected chi connectivity index (χ2v) is 8.01. The van der Waals surface area contributed by atoms with E-state index >= 15 is 0 Å². The molecule has 6 heteroatoms. The number of aromatic nitrogens is 2. The Kier molecular flexibility index (Phi) is 6.69. The van der Waals surface area contributed by atoms with Crippen LogP contribution in [0.4, 0.5) is 0 Å².